The fourth-order valence-corrected chi connectivity index (χ4v) is 2.50. The highest BCUT2D eigenvalue weighted by Crippen LogP contribution is 2.28. The summed E-state index contributed by atoms with van der Waals surface area (Å²) in [5, 5.41) is 2.67. The number of para-hydroxylation sites is 2. The van der Waals surface area contributed by atoms with E-state index in [0.29, 0.717) is 22.9 Å². The summed E-state index contributed by atoms with van der Waals surface area (Å²) in [7, 11) is 3.02. The second-order valence-electron chi connectivity index (χ2n) is 6.02. The second kappa shape index (κ2) is 10.8. The van der Waals surface area contributed by atoms with Crippen LogP contribution >= 0.6 is 0 Å². The fourth-order valence-electron chi connectivity index (χ4n) is 2.50. The quantitative estimate of drug-likeness (QED) is 0.648. The van der Waals surface area contributed by atoms with Crippen LogP contribution in [0.2, 0.25) is 0 Å². The third-order valence-electron chi connectivity index (χ3n) is 3.93. The summed E-state index contributed by atoms with van der Waals surface area (Å²) in [5.41, 5.74) is 1.44. The van der Waals surface area contributed by atoms with Gasteiger partial charge in [-0.2, -0.15) is 0 Å². The van der Waals surface area contributed by atoms with E-state index in [1.807, 2.05) is 25.1 Å². The van der Waals surface area contributed by atoms with Gasteiger partial charge in [0, 0.05) is 0 Å². The van der Waals surface area contributed by atoms with E-state index < -0.39 is 18.0 Å². The molecule has 0 heterocycles. The average molecular weight is 399 g/mol. The average Bonchev–Trinajstić information content (AvgIpc) is 2.73. The van der Waals surface area contributed by atoms with Crippen LogP contribution in [-0.2, 0) is 14.3 Å². The van der Waals surface area contributed by atoms with E-state index in [9.17, 15) is 9.59 Å². The van der Waals surface area contributed by atoms with Gasteiger partial charge >= 0.3 is 5.97 Å². The molecule has 0 aromatic heterocycles. The zero-order valence-corrected chi connectivity index (χ0v) is 16.9. The van der Waals surface area contributed by atoms with Crippen LogP contribution < -0.4 is 19.5 Å². The number of benzene rings is 2. The fraction of sp³-hybridized carbons (Fsp3) is 0.273. The first-order chi connectivity index (χ1) is 14.0. The Morgan fingerprint density at radius 3 is 2.45 bits per heavy atom. The first kappa shape index (κ1) is 21.8. The number of hydrogen-bond donors (Lipinski definition) is 1. The minimum atomic E-state index is -1.00. The van der Waals surface area contributed by atoms with E-state index >= 15 is 0 Å². The molecule has 7 heteroatoms. The minimum absolute atomic E-state index is 0.356. The molecule has 0 saturated carbocycles. The van der Waals surface area contributed by atoms with Crippen LogP contribution in [-0.4, -0.2) is 38.8 Å². The molecule has 0 aliphatic heterocycles. The summed E-state index contributed by atoms with van der Waals surface area (Å²) in [6, 6.07) is 12.3. The van der Waals surface area contributed by atoms with Gasteiger partial charge in [-0.25, -0.2) is 4.79 Å². The van der Waals surface area contributed by atoms with Crippen molar-refractivity contribution in [3.05, 3.63) is 54.1 Å². The maximum absolute atomic E-state index is 12.3. The summed E-state index contributed by atoms with van der Waals surface area (Å²) < 4.78 is 21.1. The zero-order chi connectivity index (χ0) is 21.2. The second-order valence-corrected chi connectivity index (χ2v) is 6.02. The maximum Gasteiger partial charge on any atom is 0.344 e. The lowest BCUT2D eigenvalue weighted by molar-refractivity contribution is -0.155. The van der Waals surface area contributed by atoms with Crippen LogP contribution in [0.1, 0.15) is 19.4 Å². The number of ether oxygens (including phenoxy) is 4. The maximum atomic E-state index is 12.3. The van der Waals surface area contributed by atoms with Gasteiger partial charge in [0.15, 0.2) is 24.2 Å². The number of nitrogens with one attached hydrogen (secondary N) is 1. The van der Waals surface area contributed by atoms with Gasteiger partial charge in [-0.05, 0) is 43.7 Å². The molecule has 2 aromatic carbocycles. The predicted molar refractivity (Wildman–Crippen MR) is 110 cm³/mol. The molecule has 0 saturated heterocycles. The number of allylic oxidation sites excluding steroid dienone is 1. The number of hydrogen-bond acceptors (Lipinski definition) is 6. The van der Waals surface area contributed by atoms with Crippen molar-refractivity contribution in [2.75, 3.05) is 26.1 Å². The molecule has 0 fully saturated rings. The Morgan fingerprint density at radius 1 is 1.03 bits per heavy atom. The van der Waals surface area contributed by atoms with E-state index in [1.54, 1.807) is 36.4 Å². The summed E-state index contributed by atoms with van der Waals surface area (Å²) in [5.74, 6) is 0.263. The van der Waals surface area contributed by atoms with Crippen molar-refractivity contribution < 1.29 is 28.5 Å². The number of amides is 1. The predicted octanol–water partition coefficient (Wildman–Crippen LogP) is 3.69. The van der Waals surface area contributed by atoms with Gasteiger partial charge < -0.3 is 24.3 Å². The Morgan fingerprint density at radius 2 is 1.76 bits per heavy atom. The van der Waals surface area contributed by atoms with Gasteiger partial charge in [0.25, 0.3) is 5.91 Å². The van der Waals surface area contributed by atoms with Crippen LogP contribution in [0.5, 0.6) is 17.2 Å². The van der Waals surface area contributed by atoms with Crippen LogP contribution in [0.15, 0.2) is 48.5 Å². The first-order valence-corrected chi connectivity index (χ1v) is 9.05. The van der Waals surface area contributed by atoms with E-state index in [-0.39, 0.29) is 6.61 Å². The van der Waals surface area contributed by atoms with Gasteiger partial charge in [0.05, 0.1) is 19.9 Å². The molecule has 1 atom stereocenters. The normalized spacial score (nSPS) is 11.6. The lowest BCUT2D eigenvalue weighted by atomic mass is 10.2. The van der Waals surface area contributed by atoms with Crippen molar-refractivity contribution in [1.29, 1.82) is 0 Å². The van der Waals surface area contributed by atoms with Crippen molar-refractivity contribution in [3.8, 4) is 17.2 Å². The number of anilines is 1. The largest absolute Gasteiger partial charge is 0.495 e. The van der Waals surface area contributed by atoms with Gasteiger partial charge in [0.1, 0.15) is 5.75 Å². The number of methoxy groups -OCH3 is 2. The molecular formula is C22H25NO6. The number of carbonyl (C=O) groups excluding carboxylic acids is 2. The highest BCUT2D eigenvalue weighted by Gasteiger charge is 2.20. The van der Waals surface area contributed by atoms with Gasteiger partial charge in [0.2, 0.25) is 0 Å². The van der Waals surface area contributed by atoms with Crippen molar-refractivity contribution in [2.45, 2.75) is 20.0 Å². The standard InChI is InChI=1S/C22H25NO6/c1-5-8-16-11-12-19(20(13-16)27-4)28-14-21(24)29-15(2)22(25)23-17-9-6-7-10-18(17)26-3/h5-13,15H,14H2,1-4H3,(H,23,25)/b8-5+/t15-/m1/s1. The third-order valence-corrected chi connectivity index (χ3v) is 3.93. The topological polar surface area (TPSA) is 83.1 Å². The molecule has 0 aliphatic rings. The van der Waals surface area contributed by atoms with Crippen molar-refractivity contribution in [3.63, 3.8) is 0 Å². The van der Waals surface area contributed by atoms with Crippen molar-refractivity contribution in [2.24, 2.45) is 0 Å². The SMILES string of the molecule is C/C=C/c1ccc(OCC(=O)O[C@H](C)C(=O)Nc2ccccc2OC)c(OC)c1. The highest BCUT2D eigenvalue weighted by molar-refractivity contribution is 5.96. The highest BCUT2D eigenvalue weighted by atomic mass is 16.6. The summed E-state index contributed by atoms with van der Waals surface area (Å²) >= 11 is 0. The number of carbonyl (C=O) groups is 2. The number of rotatable bonds is 9. The molecule has 0 bridgehead atoms. The Bertz CT molecular complexity index is 877. The molecule has 1 N–H and O–H groups in total. The van der Waals surface area contributed by atoms with Crippen molar-refractivity contribution in [1.82, 2.24) is 0 Å². The molecule has 154 valence electrons. The molecule has 29 heavy (non-hydrogen) atoms. The monoisotopic (exact) mass is 399 g/mol. The zero-order valence-electron chi connectivity index (χ0n) is 16.9. The van der Waals surface area contributed by atoms with E-state index in [1.165, 1.54) is 21.1 Å². The lowest BCUT2D eigenvalue weighted by Gasteiger charge is -2.16. The summed E-state index contributed by atoms with van der Waals surface area (Å²) in [6.45, 7) is 3.04. The van der Waals surface area contributed by atoms with Gasteiger partial charge in [-0.1, -0.05) is 30.4 Å². The molecule has 7 nitrogen and oxygen atoms in total. The van der Waals surface area contributed by atoms with Crippen LogP contribution in [0.4, 0.5) is 5.69 Å². The van der Waals surface area contributed by atoms with E-state index in [0.717, 1.165) is 5.56 Å². The Labute approximate surface area is 170 Å². The number of esters is 1. The smallest absolute Gasteiger partial charge is 0.344 e. The van der Waals surface area contributed by atoms with E-state index in [2.05, 4.69) is 5.32 Å². The van der Waals surface area contributed by atoms with Crippen LogP contribution in [0.25, 0.3) is 6.08 Å². The Hall–Kier alpha value is -3.48. The molecule has 0 unspecified atom stereocenters. The van der Waals surface area contributed by atoms with Gasteiger partial charge in [-0.3, -0.25) is 4.79 Å². The summed E-state index contributed by atoms with van der Waals surface area (Å²) in [4.78, 5) is 24.4. The van der Waals surface area contributed by atoms with Gasteiger partial charge in [-0.15, -0.1) is 0 Å². The Kier molecular flexibility index (Phi) is 8.09. The van der Waals surface area contributed by atoms with Crippen LogP contribution in [0.3, 0.4) is 0 Å². The first-order valence-electron chi connectivity index (χ1n) is 9.05. The lowest BCUT2D eigenvalue weighted by Crippen LogP contribution is -2.31. The molecule has 2 aromatic rings. The molecule has 0 radical (unpaired) electrons. The van der Waals surface area contributed by atoms with Crippen molar-refractivity contribution >= 4 is 23.6 Å². The molecule has 2 rings (SSSR count). The Balaban J connectivity index is 1.91. The van der Waals surface area contributed by atoms with E-state index in [4.69, 9.17) is 18.9 Å². The molecular weight excluding hydrogens is 374 g/mol. The minimum Gasteiger partial charge on any atom is -0.495 e. The molecule has 0 spiro atoms. The molecule has 1 amide bonds. The molecule has 0 aliphatic carbocycles. The third kappa shape index (κ3) is 6.27. The van der Waals surface area contributed by atoms with Crippen LogP contribution in [0, 0.1) is 0 Å². The summed E-state index contributed by atoms with van der Waals surface area (Å²) in [6.07, 6.45) is 2.82.